The number of anilines is 1. The van der Waals surface area contributed by atoms with E-state index < -0.39 is 0 Å². The Balaban J connectivity index is 2.49. The molecule has 6 heteroatoms. The molecule has 0 aliphatic rings. The van der Waals surface area contributed by atoms with Gasteiger partial charge in [-0.05, 0) is 38.5 Å². The van der Waals surface area contributed by atoms with Crippen LogP contribution in [0.2, 0.25) is 0 Å². The molecule has 2 rings (SSSR count). The molecule has 0 saturated carbocycles. The summed E-state index contributed by atoms with van der Waals surface area (Å²) in [5, 5.41) is 6.50. The third-order valence-corrected chi connectivity index (χ3v) is 4.54. The number of fused-ring (bicyclic) bond motifs is 1. The fourth-order valence-corrected chi connectivity index (χ4v) is 3.27. The molecule has 0 aliphatic heterocycles. The maximum absolute atomic E-state index is 11.7. The average molecular weight is 345 g/mol. The smallest absolute Gasteiger partial charge is 0.333 e. The predicted molar refractivity (Wildman–Crippen MR) is 102 cm³/mol. The zero-order chi connectivity index (χ0) is 17.7. The number of rotatable bonds is 7. The van der Waals surface area contributed by atoms with Crippen LogP contribution in [0.15, 0.2) is 23.6 Å². The van der Waals surface area contributed by atoms with Crippen LogP contribution in [0.5, 0.6) is 0 Å². The first kappa shape index (κ1) is 18.2. The van der Waals surface area contributed by atoms with Gasteiger partial charge < -0.3 is 15.0 Å². The summed E-state index contributed by atoms with van der Waals surface area (Å²) in [6, 6.07) is 2.05. The lowest BCUT2D eigenvalue weighted by molar-refractivity contribution is -0.135. The Morgan fingerprint density at radius 3 is 2.88 bits per heavy atom. The number of esters is 1. The minimum Gasteiger partial charge on any atom is -0.466 e. The molecule has 0 radical (unpaired) electrons. The van der Waals surface area contributed by atoms with E-state index in [0.29, 0.717) is 5.57 Å². The number of aromatic nitrogens is 1. The molecule has 0 unspecified atom stereocenters. The molecule has 0 atom stereocenters. The van der Waals surface area contributed by atoms with Gasteiger partial charge in [0.05, 0.1) is 12.8 Å². The quantitative estimate of drug-likeness (QED) is 0.615. The summed E-state index contributed by atoms with van der Waals surface area (Å²) in [7, 11) is 5.44. The molecule has 2 heterocycles. The molecule has 2 aromatic heterocycles. The van der Waals surface area contributed by atoms with Crippen molar-refractivity contribution in [3.05, 3.63) is 34.9 Å². The summed E-state index contributed by atoms with van der Waals surface area (Å²) in [6.45, 7) is 7.32. The van der Waals surface area contributed by atoms with Crippen LogP contribution in [0.4, 0.5) is 5.82 Å². The fourth-order valence-electron chi connectivity index (χ4n) is 2.33. The summed E-state index contributed by atoms with van der Waals surface area (Å²) in [5.41, 5.74) is 2.15. The minimum absolute atomic E-state index is 0.361. The monoisotopic (exact) mass is 345 g/mol. The van der Waals surface area contributed by atoms with Crippen LogP contribution in [0.3, 0.4) is 0 Å². The normalized spacial score (nSPS) is 11.8. The van der Waals surface area contributed by atoms with Crippen molar-refractivity contribution in [3.63, 3.8) is 0 Å². The molecule has 128 valence electrons. The van der Waals surface area contributed by atoms with Crippen LogP contribution in [-0.2, 0) is 9.53 Å². The highest BCUT2D eigenvalue weighted by molar-refractivity contribution is 7.17. The number of carbonyl (C=O) groups is 1. The maximum atomic E-state index is 11.7. The van der Waals surface area contributed by atoms with Gasteiger partial charge in [-0.2, -0.15) is 0 Å². The van der Waals surface area contributed by atoms with Crippen LogP contribution in [0, 0.1) is 0 Å². The number of ether oxygens (including phenoxy) is 1. The molecule has 24 heavy (non-hydrogen) atoms. The number of hydrogen-bond donors (Lipinski definition) is 1. The summed E-state index contributed by atoms with van der Waals surface area (Å²) < 4.78 is 5.88. The molecular formula is C18H23N3O2S. The number of carbonyl (C=O) groups excluding carboxylic acids is 1. The second-order valence-electron chi connectivity index (χ2n) is 5.68. The van der Waals surface area contributed by atoms with Gasteiger partial charge in [-0.3, -0.25) is 0 Å². The number of pyridine rings is 1. The largest absolute Gasteiger partial charge is 0.466 e. The first-order valence-electron chi connectivity index (χ1n) is 7.66. The molecule has 0 saturated heterocycles. The average Bonchev–Trinajstić information content (AvgIpc) is 3.03. The van der Waals surface area contributed by atoms with Crippen molar-refractivity contribution in [3.8, 4) is 0 Å². The van der Waals surface area contributed by atoms with Gasteiger partial charge in [0.25, 0.3) is 0 Å². The molecule has 5 nitrogen and oxygen atoms in total. The second kappa shape index (κ2) is 8.08. The molecule has 0 fully saturated rings. The highest BCUT2D eigenvalue weighted by atomic mass is 32.1. The van der Waals surface area contributed by atoms with Crippen LogP contribution in [0.25, 0.3) is 22.2 Å². The van der Waals surface area contributed by atoms with Gasteiger partial charge in [0.1, 0.15) is 5.82 Å². The Kier molecular flexibility index (Phi) is 6.11. The third kappa shape index (κ3) is 4.01. The Morgan fingerprint density at radius 2 is 2.25 bits per heavy atom. The van der Waals surface area contributed by atoms with Gasteiger partial charge in [0.15, 0.2) is 0 Å². The zero-order valence-corrected chi connectivity index (χ0v) is 15.4. The van der Waals surface area contributed by atoms with Crippen LogP contribution in [-0.4, -0.2) is 50.1 Å². The number of nitrogens with one attached hydrogen (secondary N) is 1. The van der Waals surface area contributed by atoms with Gasteiger partial charge in [0.2, 0.25) is 0 Å². The fraction of sp³-hybridized carbons (Fsp3) is 0.333. The Hall–Kier alpha value is -2.18. The molecular weight excluding hydrogens is 322 g/mol. The summed E-state index contributed by atoms with van der Waals surface area (Å²) in [5.74, 6) is 0.461. The maximum Gasteiger partial charge on any atom is 0.333 e. The van der Waals surface area contributed by atoms with Crippen LogP contribution < -0.4 is 5.32 Å². The summed E-state index contributed by atoms with van der Waals surface area (Å²) in [6.07, 6.45) is 3.53. The lowest BCUT2D eigenvalue weighted by Gasteiger charge is -2.13. The van der Waals surface area contributed by atoms with Crippen molar-refractivity contribution in [1.29, 1.82) is 0 Å². The molecule has 2 aromatic rings. The van der Waals surface area contributed by atoms with Crippen molar-refractivity contribution < 1.29 is 9.53 Å². The molecule has 0 aliphatic carbocycles. The van der Waals surface area contributed by atoms with E-state index in [1.165, 1.54) is 7.11 Å². The van der Waals surface area contributed by atoms with E-state index in [0.717, 1.165) is 40.3 Å². The molecule has 0 spiro atoms. The lowest BCUT2D eigenvalue weighted by Crippen LogP contribution is -2.21. The van der Waals surface area contributed by atoms with Crippen molar-refractivity contribution >= 4 is 45.4 Å². The van der Waals surface area contributed by atoms with Gasteiger partial charge in [0, 0.05) is 34.3 Å². The van der Waals surface area contributed by atoms with Crippen molar-refractivity contribution in [2.24, 2.45) is 0 Å². The zero-order valence-electron chi connectivity index (χ0n) is 14.5. The van der Waals surface area contributed by atoms with Crippen molar-refractivity contribution in [1.82, 2.24) is 9.88 Å². The molecule has 0 bridgehead atoms. The SMILES string of the molecule is C=Cc1c(/C=C(\C)C(=O)OC)nc(NCCN(C)C)c2ccsc12. The third-order valence-electron chi connectivity index (χ3n) is 3.59. The van der Waals surface area contributed by atoms with Gasteiger partial charge in [-0.1, -0.05) is 12.7 Å². The molecule has 0 amide bonds. The summed E-state index contributed by atoms with van der Waals surface area (Å²) in [4.78, 5) is 18.5. The van der Waals surface area contributed by atoms with Crippen LogP contribution >= 0.6 is 11.3 Å². The molecule has 1 N–H and O–H groups in total. The standard InChI is InChI=1S/C18H23N3O2S/c1-6-13-15(11-12(2)18(22)23-5)20-17(19-8-9-21(3)4)14-7-10-24-16(13)14/h6-7,10-11H,1,8-9H2,2-5H3,(H,19,20)/b12-11+. The topological polar surface area (TPSA) is 54.5 Å². The van der Waals surface area contributed by atoms with Gasteiger partial charge in [-0.25, -0.2) is 9.78 Å². The van der Waals surface area contributed by atoms with E-state index >= 15 is 0 Å². The van der Waals surface area contributed by atoms with Crippen molar-refractivity contribution in [2.45, 2.75) is 6.92 Å². The number of hydrogen-bond acceptors (Lipinski definition) is 6. The van der Waals surface area contributed by atoms with Crippen LogP contribution in [0.1, 0.15) is 18.2 Å². The first-order valence-corrected chi connectivity index (χ1v) is 8.54. The Bertz CT molecular complexity index is 778. The van der Waals surface area contributed by atoms with E-state index in [-0.39, 0.29) is 5.97 Å². The number of thiophene rings is 1. The van der Waals surface area contributed by atoms with Gasteiger partial charge in [-0.15, -0.1) is 11.3 Å². The van der Waals surface area contributed by atoms with Gasteiger partial charge >= 0.3 is 5.97 Å². The summed E-state index contributed by atoms with van der Waals surface area (Å²) >= 11 is 1.64. The minimum atomic E-state index is -0.361. The van der Waals surface area contributed by atoms with E-state index in [2.05, 4.69) is 22.9 Å². The number of likely N-dealkylation sites (N-methyl/N-ethyl adjacent to an activating group) is 1. The molecule has 0 aromatic carbocycles. The second-order valence-corrected chi connectivity index (χ2v) is 6.59. The Labute approximate surface area is 146 Å². The number of methoxy groups -OCH3 is 1. The number of nitrogens with zero attached hydrogens (tertiary/aromatic N) is 2. The Morgan fingerprint density at radius 1 is 1.50 bits per heavy atom. The van der Waals surface area contributed by atoms with Crippen molar-refractivity contribution in [2.75, 3.05) is 39.6 Å². The van der Waals surface area contributed by atoms with E-state index in [1.807, 2.05) is 19.5 Å². The predicted octanol–water partition coefficient (Wildman–Crippen LogP) is 3.49. The first-order chi connectivity index (χ1) is 11.5. The van der Waals surface area contributed by atoms with E-state index in [9.17, 15) is 4.79 Å². The lowest BCUT2D eigenvalue weighted by atomic mass is 10.1. The highest BCUT2D eigenvalue weighted by Crippen LogP contribution is 2.33. The highest BCUT2D eigenvalue weighted by Gasteiger charge is 2.13. The van der Waals surface area contributed by atoms with E-state index in [1.54, 1.807) is 30.4 Å². The van der Waals surface area contributed by atoms with E-state index in [4.69, 9.17) is 9.72 Å².